The molecule has 0 aliphatic carbocycles. The molecule has 0 amide bonds. The van der Waals surface area contributed by atoms with Gasteiger partial charge in [-0.3, -0.25) is 0 Å². The molecule has 0 aromatic heterocycles. The van der Waals surface area contributed by atoms with E-state index in [1.165, 1.54) is 16.7 Å². The van der Waals surface area contributed by atoms with Gasteiger partial charge in [-0.15, -0.1) is 0 Å². The van der Waals surface area contributed by atoms with Crippen LogP contribution in [0.3, 0.4) is 0 Å². The molecule has 2 aromatic rings. The molecule has 0 aliphatic rings. The zero-order chi connectivity index (χ0) is 15.2. The average molecular weight is 283 g/mol. The van der Waals surface area contributed by atoms with E-state index in [0.29, 0.717) is 18.7 Å². The molecule has 0 aliphatic heterocycles. The van der Waals surface area contributed by atoms with Gasteiger partial charge in [0.25, 0.3) is 0 Å². The number of hydrogen-bond acceptors (Lipinski definition) is 3. The number of benzene rings is 2. The number of aryl methyl sites for hydroxylation is 2. The maximum atomic E-state index is 11.9. The molecule has 0 bridgehead atoms. The summed E-state index contributed by atoms with van der Waals surface area (Å²) in [4.78, 5) is 11.9. The highest BCUT2D eigenvalue weighted by molar-refractivity contribution is 5.95. The van der Waals surface area contributed by atoms with Crippen LogP contribution in [-0.4, -0.2) is 12.6 Å². The first-order valence-corrected chi connectivity index (χ1v) is 7.18. The van der Waals surface area contributed by atoms with Crippen LogP contribution in [0.25, 0.3) is 0 Å². The molecular formula is C18H21NO2. The van der Waals surface area contributed by atoms with Gasteiger partial charge in [0, 0.05) is 12.2 Å². The highest BCUT2D eigenvalue weighted by Crippen LogP contribution is 2.19. The molecule has 0 atom stereocenters. The zero-order valence-corrected chi connectivity index (χ0v) is 12.8. The van der Waals surface area contributed by atoms with Crippen molar-refractivity contribution in [2.75, 3.05) is 11.9 Å². The normalized spacial score (nSPS) is 10.2. The lowest BCUT2D eigenvalue weighted by Gasteiger charge is -2.14. The number of hydrogen-bond donors (Lipinski definition) is 1. The van der Waals surface area contributed by atoms with Gasteiger partial charge in [-0.1, -0.05) is 30.3 Å². The quantitative estimate of drug-likeness (QED) is 0.840. The van der Waals surface area contributed by atoms with E-state index in [1.54, 1.807) is 6.07 Å². The van der Waals surface area contributed by atoms with Crippen molar-refractivity contribution >= 4 is 11.7 Å². The van der Waals surface area contributed by atoms with Gasteiger partial charge in [-0.2, -0.15) is 0 Å². The molecule has 3 heteroatoms. The van der Waals surface area contributed by atoms with Gasteiger partial charge in [0.05, 0.1) is 12.2 Å². The van der Waals surface area contributed by atoms with Gasteiger partial charge in [0.1, 0.15) is 0 Å². The molecule has 2 rings (SSSR count). The fraction of sp³-hybridized carbons (Fsp3) is 0.278. The summed E-state index contributed by atoms with van der Waals surface area (Å²) in [6.45, 7) is 7.08. The summed E-state index contributed by atoms with van der Waals surface area (Å²) < 4.78 is 5.09. The van der Waals surface area contributed by atoms with Gasteiger partial charge < -0.3 is 10.1 Å². The van der Waals surface area contributed by atoms with Crippen LogP contribution in [0.1, 0.15) is 34.0 Å². The van der Waals surface area contributed by atoms with Crippen LogP contribution in [0.5, 0.6) is 0 Å². The second kappa shape index (κ2) is 6.93. The Hall–Kier alpha value is -2.29. The van der Waals surface area contributed by atoms with E-state index in [9.17, 15) is 4.79 Å². The molecule has 0 heterocycles. The largest absolute Gasteiger partial charge is 0.462 e. The van der Waals surface area contributed by atoms with Crippen LogP contribution in [-0.2, 0) is 11.3 Å². The SMILES string of the molecule is CCOC(=O)c1ccccc1NCc1c(C)cccc1C. The van der Waals surface area contributed by atoms with E-state index in [0.717, 1.165) is 5.69 Å². The number of carbonyl (C=O) groups excluding carboxylic acids is 1. The first-order valence-electron chi connectivity index (χ1n) is 7.18. The molecule has 3 nitrogen and oxygen atoms in total. The number of anilines is 1. The minimum Gasteiger partial charge on any atom is -0.462 e. The van der Waals surface area contributed by atoms with Crippen LogP contribution < -0.4 is 5.32 Å². The molecule has 1 N–H and O–H groups in total. The van der Waals surface area contributed by atoms with Crippen LogP contribution in [0, 0.1) is 13.8 Å². The topological polar surface area (TPSA) is 38.3 Å². The summed E-state index contributed by atoms with van der Waals surface area (Å²) in [5.41, 5.74) is 5.13. The van der Waals surface area contributed by atoms with Crippen LogP contribution in [0.4, 0.5) is 5.69 Å². The maximum absolute atomic E-state index is 11.9. The fourth-order valence-corrected chi connectivity index (χ4v) is 2.34. The number of nitrogens with one attached hydrogen (secondary N) is 1. The monoisotopic (exact) mass is 283 g/mol. The van der Waals surface area contributed by atoms with Crippen molar-refractivity contribution in [2.45, 2.75) is 27.3 Å². The first-order chi connectivity index (χ1) is 10.1. The van der Waals surface area contributed by atoms with Crippen molar-refractivity contribution in [2.24, 2.45) is 0 Å². The minimum absolute atomic E-state index is 0.290. The predicted molar refractivity (Wildman–Crippen MR) is 85.6 cm³/mol. The Balaban J connectivity index is 2.19. The second-order valence-corrected chi connectivity index (χ2v) is 4.99. The van der Waals surface area contributed by atoms with Gasteiger partial charge in [0.15, 0.2) is 0 Å². The summed E-state index contributed by atoms with van der Waals surface area (Å²) in [6.07, 6.45) is 0. The highest BCUT2D eigenvalue weighted by atomic mass is 16.5. The first kappa shape index (κ1) is 15.1. The van der Waals surface area contributed by atoms with Crippen molar-refractivity contribution in [1.82, 2.24) is 0 Å². The number of rotatable bonds is 5. The Morgan fingerprint density at radius 2 is 1.71 bits per heavy atom. The number of esters is 1. The molecule has 0 unspecified atom stereocenters. The van der Waals surface area contributed by atoms with E-state index < -0.39 is 0 Å². The van der Waals surface area contributed by atoms with Gasteiger partial charge in [-0.05, 0) is 49.6 Å². The Morgan fingerprint density at radius 1 is 1.05 bits per heavy atom. The van der Waals surface area contributed by atoms with Crippen LogP contribution in [0.2, 0.25) is 0 Å². The molecule has 0 radical (unpaired) electrons. The number of para-hydroxylation sites is 1. The lowest BCUT2D eigenvalue weighted by atomic mass is 10.0. The number of carbonyl (C=O) groups is 1. The van der Waals surface area contributed by atoms with E-state index >= 15 is 0 Å². The summed E-state index contributed by atoms with van der Waals surface area (Å²) >= 11 is 0. The summed E-state index contributed by atoms with van der Waals surface area (Å²) in [6, 6.07) is 13.7. The number of ether oxygens (including phenoxy) is 1. The molecule has 0 spiro atoms. The van der Waals surface area contributed by atoms with E-state index in [2.05, 4.69) is 37.4 Å². The molecule has 0 saturated heterocycles. The standard InChI is InChI=1S/C18H21NO2/c1-4-21-18(20)15-10-5-6-11-17(15)19-12-16-13(2)8-7-9-14(16)3/h5-11,19H,4,12H2,1-3H3. The Bertz CT molecular complexity index is 615. The third-order valence-corrected chi connectivity index (χ3v) is 3.52. The molecule has 0 saturated carbocycles. The molecular weight excluding hydrogens is 262 g/mol. The van der Waals surface area contributed by atoms with Crippen LogP contribution in [0.15, 0.2) is 42.5 Å². The lowest BCUT2D eigenvalue weighted by Crippen LogP contribution is -2.10. The smallest absolute Gasteiger partial charge is 0.340 e. The zero-order valence-electron chi connectivity index (χ0n) is 12.8. The highest BCUT2D eigenvalue weighted by Gasteiger charge is 2.12. The van der Waals surface area contributed by atoms with Gasteiger partial charge in [0.2, 0.25) is 0 Å². The summed E-state index contributed by atoms with van der Waals surface area (Å²) in [7, 11) is 0. The van der Waals surface area contributed by atoms with E-state index in [-0.39, 0.29) is 5.97 Å². The third-order valence-electron chi connectivity index (χ3n) is 3.52. The van der Waals surface area contributed by atoms with Gasteiger partial charge >= 0.3 is 5.97 Å². The van der Waals surface area contributed by atoms with Crippen LogP contribution >= 0.6 is 0 Å². The molecule has 0 fully saturated rings. The van der Waals surface area contributed by atoms with Crippen molar-refractivity contribution in [3.63, 3.8) is 0 Å². The maximum Gasteiger partial charge on any atom is 0.340 e. The predicted octanol–water partition coefficient (Wildman–Crippen LogP) is 4.09. The lowest BCUT2D eigenvalue weighted by molar-refractivity contribution is 0.0527. The minimum atomic E-state index is -0.290. The second-order valence-electron chi connectivity index (χ2n) is 4.99. The Labute approximate surface area is 126 Å². The average Bonchev–Trinajstić information content (AvgIpc) is 2.47. The van der Waals surface area contributed by atoms with Crippen molar-refractivity contribution < 1.29 is 9.53 Å². The van der Waals surface area contributed by atoms with Gasteiger partial charge in [-0.25, -0.2) is 4.79 Å². The summed E-state index contributed by atoms with van der Waals surface area (Å²) in [5, 5.41) is 3.35. The molecule has 21 heavy (non-hydrogen) atoms. The van der Waals surface area contributed by atoms with Crippen molar-refractivity contribution in [1.29, 1.82) is 0 Å². The van der Waals surface area contributed by atoms with E-state index in [4.69, 9.17) is 4.74 Å². The third kappa shape index (κ3) is 3.63. The molecule has 2 aromatic carbocycles. The Morgan fingerprint density at radius 3 is 2.38 bits per heavy atom. The fourth-order valence-electron chi connectivity index (χ4n) is 2.34. The Kier molecular flexibility index (Phi) is 4.99. The van der Waals surface area contributed by atoms with E-state index in [1.807, 2.05) is 25.1 Å². The van der Waals surface area contributed by atoms with Crippen molar-refractivity contribution in [3.8, 4) is 0 Å². The summed E-state index contributed by atoms with van der Waals surface area (Å²) in [5.74, 6) is -0.290. The van der Waals surface area contributed by atoms with Crippen molar-refractivity contribution in [3.05, 3.63) is 64.7 Å². The molecule has 110 valence electrons.